The van der Waals surface area contributed by atoms with Gasteiger partial charge in [0.25, 0.3) is 0 Å². The standard InChI is InChI=1S/C21H24BClO2/c1-20(2)21(3,4)25-22(24-20)16-9-5-14(6-10-16)18-13-19(18)15-7-11-17(23)12-8-15/h5-12,18-19H,13H2,1-4H3. The van der Waals surface area contributed by atoms with Crippen LogP contribution >= 0.6 is 11.6 Å². The van der Waals surface area contributed by atoms with Crippen molar-refractivity contribution in [3.05, 3.63) is 64.7 Å². The molecule has 2 nitrogen and oxygen atoms in total. The lowest BCUT2D eigenvalue weighted by Gasteiger charge is -2.32. The third-order valence-corrected chi connectivity index (χ3v) is 6.23. The van der Waals surface area contributed by atoms with E-state index in [0.717, 1.165) is 10.5 Å². The van der Waals surface area contributed by atoms with Crippen LogP contribution in [0.5, 0.6) is 0 Å². The Morgan fingerprint density at radius 2 is 1.24 bits per heavy atom. The second-order valence-electron chi connectivity index (χ2n) is 8.26. The van der Waals surface area contributed by atoms with Crippen molar-refractivity contribution in [1.82, 2.24) is 0 Å². The van der Waals surface area contributed by atoms with Crippen LogP contribution in [0, 0.1) is 0 Å². The van der Waals surface area contributed by atoms with E-state index in [9.17, 15) is 0 Å². The van der Waals surface area contributed by atoms with Gasteiger partial charge in [0, 0.05) is 5.02 Å². The van der Waals surface area contributed by atoms with Gasteiger partial charge in [0.2, 0.25) is 0 Å². The average Bonchev–Trinajstić information content (AvgIpc) is 3.31. The van der Waals surface area contributed by atoms with Crippen molar-refractivity contribution >= 4 is 24.2 Å². The molecule has 0 amide bonds. The first kappa shape index (κ1) is 17.1. The van der Waals surface area contributed by atoms with E-state index in [1.165, 1.54) is 17.5 Å². The fraction of sp³-hybridized carbons (Fsp3) is 0.429. The van der Waals surface area contributed by atoms with Crippen LogP contribution in [0.1, 0.15) is 57.1 Å². The maximum absolute atomic E-state index is 6.13. The molecule has 0 aromatic heterocycles. The largest absolute Gasteiger partial charge is 0.494 e. The molecule has 130 valence electrons. The summed E-state index contributed by atoms with van der Waals surface area (Å²) in [7, 11) is -0.287. The van der Waals surface area contributed by atoms with Gasteiger partial charge in [-0.3, -0.25) is 0 Å². The smallest absolute Gasteiger partial charge is 0.399 e. The van der Waals surface area contributed by atoms with E-state index in [1.807, 2.05) is 12.1 Å². The SMILES string of the molecule is CC1(C)OB(c2ccc(C3CC3c3ccc(Cl)cc3)cc2)OC1(C)C. The quantitative estimate of drug-likeness (QED) is 0.729. The minimum Gasteiger partial charge on any atom is -0.399 e. The monoisotopic (exact) mass is 354 g/mol. The second kappa shape index (κ2) is 5.87. The number of hydrogen-bond acceptors (Lipinski definition) is 2. The predicted molar refractivity (Wildman–Crippen MR) is 104 cm³/mol. The number of hydrogen-bond donors (Lipinski definition) is 0. The highest BCUT2D eigenvalue weighted by Crippen LogP contribution is 2.54. The molecular formula is C21H24BClO2. The Bertz CT molecular complexity index is 751. The third-order valence-electron chi connectivity index (χ3n) is 5.98. The van der Waals surface area contributed by atoms with E-state index < -0.39 is 0 Å². The molecule has 2 aliphatic rings. The van der Waals surface area contributed by atoms with Crippen molar-refractivity contribution in [1.29, 1.82) is 0 Å². The third kappa shape index (κ3) is 3.14. The van der Waals surface area contributed by atoms with E-state index in [-0.39, 0.29) is 18.3 Å². The first-order chi connectivity index (χ1) is 11.8. The Morgan fingerprint density at radius 1 is 0.800 bits per heavy atom. The molecular weight excluding hydrogens is 330 g/mol. The van der Waals surface area contributed by atoms with Crippen LogP contribution in [0.2, 0.25) is 5.02 Å². The van der Waals surface area contributed by atoms with Crippen molar-refractivity contribution in [3.8, 4) is 0 Å². The van der Waals surface area contributed by atoms with Crippen LogP contribution in [0.4, 0.5) is 0 Å². The highest BCUT2D eigenvalue weighted by Gasteiger charge is 2.51. The van der Waals surface area contributed by atoms with Gasteiger partial charge < -0.3 is 9.31 Å². The fourth-order valence-electron chi connectivity index (χ4n) is 3.52. The first-order valence-corrected chi connectivity index (χ1v) is 9.36. The molecule has 2 fully saturated rings. The molecule has 4 heteroatoms. The molecule has 0 bridgehead atoms. The Morgan fingerprint density at radius 3 is 1.72 bits per heavy atom. The minimum absolute atomic E-state index is 0.287. The molecule has 2 unspecified atom stereocenters. The van der Waals surface area contributed by atoms with E-state index in [0.29, 0.717) is 11.8 Å². The van der Waals surface area contributed by atoms with Crippen molar-refractivity contribution in [3.63, 3.8) is 0 Å². The lowest BCUT2D eigenvalue weighted by molar-refractivity contribution is 0.00578. The van der Waals surface area contributed by atoms with Crippen molar-refractivity contribution in [2.75, 3.05) is 0 Å². The van der Waals surface area contributed by atoms with Gasteiger partial charge >= 0.3 is 7.12 Å². The zero-order chi connectivity index (χ0) is 17.8. The molecule has 0 N–H and O–H groups in total. The van der Waals surface area contributed by atoms with Crippen LogP contribution in [0.15, 0.2) is 48.5 Å². The molecule has 2 aromatic carbocycles. The Labute approximate surface area is 155 Å². The van der Waals surface area contributed by atoms with Gasteiger partial charge in [-0.1, -0.05) is 48.0 Å². The first-order valence-electron chi connectivity index (χ1n) is 8.98. The van der Waals surface area contributed by atoms with Gasteiger partial charge in [-0.05, 0) is 74.7 Å². The summed E-state index contributed by atoms with van der Waals surface area (Å²) in [6, 6.07) is 17.0. The molecule has 1 saturated heterocycles. The molecule has 1 aliphatic heterocycles. The summed E-state index contributed by atoms with van der Waals surface area (Å²) in [5.74, 6) is 1.22. The zero-order valence-electron chi connectivity index (χ0n) is 15.3. The molecule has 25 heavy (non-hydrogen) atoms. The van der Waals surface area contributed by atoms with Crippen LogP contribution < -0.4 is 5.46 Å². The molecule has 1 heterocycles. The molecule has 4 rings (SSSR count). The predicted octanol–water partition coefficient (Wildman–Crippen LogP) is 4.91. The Balaban J connectivity index is 1.46. The second-order valence-corrected chi connectivity index (χ2v) is 8.69. The van der Waals surface area contributed by atoms with Crippen LogP contribution in [0.25, 0.3) is 0 Å². The van der Waals surface area contributed by atoms with Crippen molar-refractivity contribution in [2.24, 2.45) is 0 Å². The van der Waals surface area contributed by atoms with Gasteiger partial charge in [0.05, 0.1) is 11.2 Å². The highest BCUT2D eigenvalue weighted by atomic mass is 35.5. The van der Waals surface area contributed by atoms with E-state index >= 15 is 0 Å². The maximum atomic E-state index is 6.13. The lowest BCUT2D eigenvalue weighted by Crippen LogP contribution is -2.41. The molecule has 2 atom stereocenters. The summed E-state index contributed by atoms with van der Waals surface area (Å²) in [5, 5.41) is 0.799. The topological polar surface area (TPSA) is 18.5 Å². The summed E-state index contributed by atoms with van der Waals surface area (Å²) in [4.78, 5) is 0. The maximum Gasteiger partial charge on any atom is 0.494 e. The minimum atomic E-state index is -0.299. The van der Waals surface area contributed by atoms with E-state index in [4.69, 9.17) is 20.9 Å². The molecule has 1 saturated carbocycles. The van der Waals surface area contributed by atoms with E-state index in [2.05, 4.69) is 64.1 Å². The van der Waals surface area contributed by atoms with Gasteiger partial charge in [-0.15, -0.1) is 0 Å². The molecule has 1 aliphatic carbocycles. The number of rotatable bonds is 3. The molecule has 0 radical (unpaired) electrons. The van der Waals surface area contributed by atoms with Crippen LogP contribution in [0.3, 0.4) is 0 Å². The van der Waals surface area contributed by atoms with Gasteiger partial charge in [0.15, 0.2) is 0 Å². The summed E-state index contributed by atoms with van der Waals surface area (Å²) in [5.41, 5.74) is 3.26. The molecule has 2 aromatic rings. The Kier molecular flexibility index (Phi) is 4.03. The Hall–Kier alpha value is -1.29. The van der Waals surface area contributed by atoms with Gasteiger partial charge in [-0.2, -0.15) is 0 Å². The average molecular weight is 355 g/mol. The zero-order valence-corrected chi connectivity index (χ0v) is 16.0. The summed E-state index contributed by atoms with van der Waals surface area (Å²) >= 11 is 5.99. The van der Waals surface area contributed by atoms with Crippen molar-refractivity contribution < 1.29 is 9.31 Å². The molecule has 0 spiro atoms. The summed E-state index contributed by atoms with van der Waals surface area (Å²) < 4.78 is 12.3. The number of benzene rings is 2. The van der Waals surface area contributed by atoms with Crippen molar-refractivity contribution in [2.45, 2.75) is 57.2 Å². The fourth-order valence-corrected chi connectivity index (χ4v) is 3.65. The van der Waals surface area contributed by atoms with Gasteiger partial charge in [-0.25, -0.2) is 0 Å². The normalized spacial score (nSPS) is 26.7. The summed E-state index contributed by atoms with van der Waals surface area (Å²) in [6.45, 7) is 8.34. The number of halogens is 1. The van der Waals surface area contributed by atoms with Crippen LogP contribution in [-0.2, 0) is 9.31 Å². The van der Waals surface area contributed by atoms with Gasteiger partial charge in [0.1, 0.15) is 0 Å². The van der Waals surface area contributed by atoms with Crippen LogP contribution in [-0.4, -0.2) is 18.3 Å². The summed E-state index contributed by atoms with van der Waals surface area (Å²) in [6.07, 6.45) is 1.21. The highest BCUT2D eigenvalue weighted by molar-refractivity contribution is 6.62. The lowest BCUT2D eigenvalue weighted by atomic mass is 9.78. The van der Waals surface area contributed by atoms with E-state index in [1.54, 1.807) is 0 Å².